The normalized spacial score (nSPS) is 24.1. The number of rotatable bonds is 5. The molecule has 0 aromatic rings. The van der Waals surface area contributed by atoms with Gasteiger partial charge in [0.2, 0.25) is 5.91 Å². The summed E-state index contributed by atoms with van der Waals surface area (Å²) < 4.78 is 4.85. The third-order valence-electron chi connectivity index (χ3n) is 2.73. The molecule has 1 rings (SSSR count). The van der Waals surface area contributed by atoms with Crippen LogP contribution >= 0.6 is 0 Å². The molecule has 1 aliphatic heterocycles. The van der Waals surface area contributed by atoms with Gasteiger partial charge in [-0.1, -0.05) is 0 Å². The number of likely N-dealkylation sites (tertiary alicyclic amines) is 1. The van der Waals surface area contributed by atoms with E-state index in [4.69, 9.17) is 4.74 Å². The lowest BCUT2D eigenvalue weighted by Crippen LogP contribution is -2.45. The zero-order valence-electron chi connectivity index (χ0n) is 9.40. The highest BCUT2D eigenvalue weighted by atomic mass is 16.5. The van der Waals surface area contributed by atoms with Gasteiger partial charge in [-0.15, -0.1) is 0 Å². The van der Waals surface area contributed by atoms with Crippen LogP contribution in [0.1, 0.15) is 13.3 Å². The maximum absolute atomic E-state index is 11.6. The number of carbonyl (C=O) groups excluding carboxylic acids is 1. The number of methoxy groups -OCH3 is 1. The molecule has 0 aromatic carbocycles. The quantitative estimate of drug-likeness (QED) is 0.591. The first-order chi connectivity index (χ1) is 7.15. The molecule has 15 heavy (non-hydrogen) atoms. The van der Waals surface area contributed by atoms with Gasteiger partial charge in [-0.05, 0) is 13.3 Å². The molecule has 0 bridgehead atoms. The van der Waals surface area contributed by atoms with Crippen LogP contribution in [0.2, 0.25) is 0 Å². The van der Waals surface area contributed by atoms with Crippen molar-refractivity contribution in [1.82, 2.24) is 10.2 Å². The van der Waals surface area contributed by atoms with E-state index in [1.807, 2.05) is 11.8 Å². The van der Waals surface area contributed by atoms with Crippen LogP contribution in [-0.2, 0) is 9.53 Å². The Kier molecular flexibility index (Phi) is 5.01. The molecule has 1 heterocycles. The van der Waals surface area contributed by atoms with E-state index in [2.05, 4.69) is 5.32 Å². The molecule has 5 nitrogen and oxygen atoms in total. The predicted molar refractivity (Wildman–Crippen MR) is 56.5 cm³/mol. The number of hydrogen-bond donors (Lipinski definition) is 2. The fourth-order valence-electron chi connectivity index (χ4n) is 1.71. The molecule has 1 amide bonds. The van der Waals surface area contributed by atoms with Gasteiger partial charge >= 0.3 is 0 Å². The van der Waals surface area contributed by atoms with Crippen molar-refractivity contribution >= 4 is 5.91 Å². The van der Waals surface area contributed by atoms with E-state index < -0.39 is 0 Å². The molecular weight excluding hydrogens is 196 g/mol. The van der Waals surface area contributed by atoms with Crippen molar-refractivity contribution in [2.24, 2.45) is 0 Å². The second kappa shape index (κ2) is 6.05. The van der Waals surface area contributed by atoms with Gasteiger partial charge in [-0.3, -0.25) is 9.69 Å². The monoisotopic (exact) mass is 216 g/mol. The summed E-state index contributed by atoms with van der Waals surface area (Å²) in [4.78, 5) is 13.6. The van der Waals surface area contributed by atoms with E-state index in [0.717, 1.165) is 13.0 Å². The second-order valence-corrected chi connectivity index (χ2v) is 3.90. The van der Waals surface area contributed by atoms with Crippen molar-refractivity contribution in [3.8, 4) is 0 Å². The Morgan fingerprint density at radius 1 is 1.73 bits per heavy atom. The Balaban J connectivity index is 2.26. The third-order valence-corrected chi connectivity index (χ3v) is 2.73. The summed E-state index contributed by atoms with van der Waals surface area (Å²) in [5, 5.41) is 12.1. The van der Waals surface area contributed by atoms with Crippen LogP contribution in [0.3, 0.4) is 0 Å². The van der Waals surface area contributed by atoms with Gasteiger partial charge in [0.15, 0.2) is 0 Å². The Hall–Kier alpha value is -0.650. The average Bonchev–Trinajstić information content (AvgIpc) is 2.64. The summed E-state index contributed by atoms with van der Waals surface area (Å²) in [7, 11) is 1.60. The van der Waals surface area contributed by atoms with Crippen LogP contribution in [0, 0.1) is 0 Å². The number of aliphatic hydroxyl groups excluding tert-OH is 1. The van der Waals surface area contributed by atoms with Crippen LogP contribution < -0.4 is 5.32 Å². The first kappa shape index (κ1) is 12.4. The summed E-state index contributed by atoms with van der Waals surface area (Å²) in [6.07, 6.45) is 0.481. The lowest BCUT2D eigenvalue weighted by atomic mass is 10.3. The van der Waals surface area contributed by atoms with Gasteiger partial charge in [0.1, 0.15) is 0 Å². The number of carbonyl (C=O) groups is 1. The van der Waals surface area contributed by atoms with Gasteiger partial charge in [-0.25, -0.2) is 0 Å². The molecule has 5 heteroatoms. The maximum atomic E-state index is 11.6. The Bertz CT molecular complexity index is 211. The lowest BCUT2D eigenvalue weighted by Gasteiger charge is -2.22. The molecule has 88 valence electrons. The Morgan fingerprint density at radius 2 is 2.47 bits per heavy atom. The zero-order chi connectivity index (χ0) is 11.3. The van der Waals surface area contributed by atoms with Crippen molar-refractivity contribution in [2.75, 3.05) is 33.4 Å². The first-order valence-electron chi connectivity index (χ1n) is 5.34. The molecule has 0 radical (unpaired) electrons. The minimum atomic E-state index is -0.278. The van der Waals surface area contributed by atoms with E-state index in [0.29, 0.717) is 19.7 Å². The molecule has 0 saturated carbocycles. The number of nitrogens with one attached hydrogen (secondary N) is 1. The smallest absolute Gasteiger partial charge is 0.237 e. The molecular formula is C10H20N2O3. The minimum absolute atomic E-state index is 0.00106. The average molecular weight is 216 g/mol. The first-order valence-corrected chi connectivity index (χ1v) is 5.34. The van der Waals surface area contributed by atoms with Gasteiger partial charge in [0.05, 0.1) is 18.8 Å². The topological polar surface area (TPSA) is 61.8 Å². The molecule has 0 spiro atoms. The largest absolute Gasteiger partial charge is 0.392 e. The molecule has 2 atom stereocenters. The molecule has 2 N–H and O–H groups in total. The SMILES string of the molecule is COCCNC(=O)C(C)N1CC[C@@H](O)C1. The van der Waals surface area contributed by atoms with Crippen LogP contribution in [0.25, 0.3) is 0 Å². The number of nitrogens with zero attached hydrogens (tertiary/aromatic N) is 1. The number of β-amino-alcohol motifs (C(OH)–C–C–N with tert-alkyl or cyclic N) is 1. The van der Waals surface area contributed by atoms with Crippen molar-refractivity contribution in [3.05, 3.63) is 0 Å². The second-order valence-electron chi connectivity index (χ2n) is 3.90. The van der Waals surface area contributed by atoms with Crippen LogP contribution in [0.5, 0.6) is 0 Å². The van der Waals surface area contributed by atoms with Crippen LogP contribution in [0.4, 0.5) is 0 Å². The third kappa shape index (κ3) is 3.77. The molecule has 1 fully saturated rings. The highest BCUT2D eigenvalue weighted by molar-refractivity contribution is 5.81. The van der Waals surface area contributed by atoms with Gasteiger partial charge < -0.3 is 15.2 Å². The van der Waals surface area contributed by atoms with Crippen molar-refractivity contribution in [2.45, 2.75) is 25.5 Å². The lowest BCUT2D eigenvalue weighted by molar-refractivity contribution is -0.125. The Labute approximate surface area is 90.4 Å². The number of aliphatic hydroxyl groups is 1. The van der Waals surface area contributed by atoms with Crippen molar-refractivity contribution in [3.63, 3.8) is 0 Å². The van der Waals surface area contributed by atoms with E-state index in [1.165, 1.54) is 0 Å². The van der Waals surface area contributed by atoms with Crippen molar-refractivity contribution in [1.29, 1.82) is 0 Å². The van der Waals surface area contributed by atoms with E-state index in [9.17, 15) is 9.90 Å². The summed E-state index contributed by atoms with van der Waals surface area (Å²) >= 11 is 0. The van der Waals surface area contributed by atoms with Crippen LogP contribution in [0.15, 0.2) is 0 Å². The van der Waals surface area contributed by atoms with Gasteiger partial charge in [0.25, 0.3) is 0 Å². The van der Waals surface area contributed by atoms with Gasteiger partial charge in [-0.2, -0.15) is 0 Å². The standard InChI is InChI=1S/C10H20N2O3/c1-8(10(14)11-4-6-15-2)12-5-3-9(13)7-12/h8-9,13H,3-7H2,1-2H3,(H,11,14)/t8?,9-/m1/s1. The predicted octanol–water partition coefficient (Wildman–Crippen LogP) is -0.796. The molecule has 0 aliphatic carbocycles. The fourth-order valence-corrected chi connectivity index (χ4v) is 1.71. The van der Waals surface area contributed by atoms with Crippen molar-refractivity contribution < 1.29 is 14.6 Å². The highest BCUT2D eigenvalue weighted by Crippen LogP contribution is 2.12. The number of amides is 1. The molecule has 1 saturated heterocycles. The molecule has 1 unspecified atom stereocenters. The summed E-state index contributed by atoms with van der Waals surface area (Å²) in [6.45, 7) is 4.32. The Morgan fingerprint density at radius 3 is 3.00 bits per heavy atom. The summed E-state index contributed by atoms with van der Waals surface area (Å²) in [5.41, 5.74) is 0. The van der Waals surface area contributed by atoms with E-state index >= 15 is 0 Å². The van der Waals surface area contributed by atoms with E-state index in [-0.39, 0.29) is 18.1 Å². The fraction of sp³-hybridized carbons (Fsp3) is 0.900. The minimum Gasteiger partial charge on any atom is -0.392 e. The van der Waals surface area contributed by atoms with Gasteiger partial charge in [0, 0.05) is 26.7 Å². The maximum Gasteiger partial charge on any atom is 0.237 e. The molecule has 1 aliphatic rings. The van der Waals surface area contributed by atoms with Crippen LogP contribution in [-0.4, -0.2) is 61.4 Å². The summed E-state index contributed by atoms with van der Waals surface area (Å²) in [6, 6.07) is -0.168. The summed E-state index contributed by atoms with van der Waals surface area (Å²) in [5.74, 6) is 0.00106. The van der Waals surface area contributed by atoms with E-state index in [1.54, 1.807) is 7.11 Å². The highest BCUT2D eigenvalue weighted by Gasteiger charge is 2.27. The molecule has 0 aromatic heterocycles. The number of ether oxygens (including phenoxy) is 1. The zero-order valence-corrected chi connectivity index (χ0v) is 9.40. The number of hydrogen-bond acceptors (Lipinski definition) is 4.